The summed E-state index contributed by atoms with van der Waals surface area (Å²) in [6.07, 6.45) is 3.57. The Morgan fingerprint density at radius 1 is 1.47 bits per heavy atom. The van der Waals surface area contributed by atoms with Gasteiger partial charge in [-0.05, 0) is 26.0 Å². The van der Waals surface area contributed by atoms with Gasteiger partial charge in [0.15, 0.2) is 0 Å². The minimum absolute atomic E-state index is 0.781. The van der Waals surface area contributed by atoms with E-state index in [0.717, 1.165) is 16.7 Å². The van der Waals surface area contributed by atoms with Gasteiger partial charge in [-0.3, -0.25) is 0 Å². The number of aromatic nitrogens is 2. The molecule has 0 radical (unpaired) electrons. The number of nitrogens with zero attached hydrogens (tertiary/aromatic N) is 2. The minimum atomic E-state index is -1.01. The average Bonchev–Trinajstić information content (AvgIpc) is 2.61. The van der Waals surface area contributed by atoms with Gasteiger partial charge in [0.25, 0.3) is 0 Å². The average molecular weight is 233 g/mol. The quantitative estimate of drug-likeness (QED) is 0.849. The highest BCUT2D eigenvalue weighted by molar-refractivity contribution is 5.92. The Kier molecular flexibility index (Phi) is 2.53. The number of carboxylic acid groups (broad SMARTS) is 1. The first-order chi connectivity index (χ1) is 7.92. The fourth-order valence-corrected chi connectivity index (χ4v) is 1.66. The summed E-state index contributed by atoms with van der Waals surface area (Å²) in [4.78, 5) is 15.3. The molecule has 2 aromatic heterocycles. The van der Waals surface area contributed by atoms with Crippen LogP contribution >= 0.6 is 0 Å². The van der Waals surface area contributed by atoms with Gasteiger partial charge in [0.2, 0.25) is 0 Å². The van der Waals surface area contributed by atoms with Gasteiger partial charge in [0, 0.05) is 30.5 Å². The predicted molar refractivity (Wildman–Crippen MR) is 66.1 cm³/mol. The molecule has 2 aromatic rings. The molecule has 0 bridgehead atoms. The second kappa shape index (κ2) is 3.76. The maximum atomic E-state index is 11.1. The fraction of sp³-hybridized carbons (Fsp3) is 0.333. The molecule has 0 unspecified atom stereocenters. The maximum Gasteiger partial charge on any atom is 0.328 e. The molecule has 2 rings (SSSR count). The van der Waals surface area contributed by atoms with Crippen molar-refractivity contribution in [3.05, 3.63) is 24.5 Å². The van der Waals surface area contributed by atoms with Crippen LogP contribution in [0.3, 0.4) is 0 Å². The van der Waals surface area contributed by atoms with Crippen molar-refractivity contribution in [2.45, 2.75) is 19.4 Å². The fourth-order valence-electron chi connectivity index (χ4n) is 1.66. The molecule has 90 valence electrons. The minimum Gasteiger partial charge on any atom is -0.480 e. The number of carboxylic acids is 1. The van der Waals surface area contributed by atoms with Crippen LogP contribution in [0.15, 0.2) is 24.5 Å². The predicted octanol–water partition coefficient (Wildman–Crippen LogP) is 1.85. The van der Waals surface area contributed by atoms with Crippen molar-refractivity contribution in [3.63, 3.8) is 0 Å². The summed E-state index contributed by atoms with van der Waals surface area (Å²) in [5, 5.41) is 13.0. The second-order valence-corrected chi connectivity index (χ2v) is 4.58. The van der Waals surface area contributed by atoms with Crippen LogP contribution in [0.4, 0.5) is 5.69 Å². The summed E-state index contributed by atoms with van der Waals surface area (Å²) < 4.78 is 1.90. The van der Waals surface area contributed by atoms with Crippen LogP contribution in [0.25, 0.3) is 11.0 Å². The molecule has 17 heavy (non-hydrogen) atoms. The van der Waals surface area contributed by atoms with Crippen LogP contribution in [-0.4, -0.2) is 26.2 Å². The Labute approximate surface area is 99.1 Å². The number of aryl methyl sites for hydroxylation is 1. The third kappa shape index (κ3) is 1.95. The molecule has 0 aromatic carbocycles. The van der Waals surface area contributed by atoms with Crippen LogP contribution in [0, 0.1) is 0 Å². The number of fused-ring (bicyclic) bond motifs is 1. The van der Waals surface area contributed by atoms with Gasteiger partial charge in [-0.25, -0.2) is 9.78 Å². The van der Waals surface area contributed by atoms with E-state index < -0.39 is 11.5 Å². The van der Waals surface area contributed by atoms with Crippen molar-refractivity contribution in [2.75, 3.05) is 5.32 Å². The third-order valence-corrected chi connectivity index (χ3v) is 2.75. The van der Waals surface area contributed by atoms with Crippen LogP contribution < -0.4 is 5.32 Å². The van der Waals surface area contributed by atoms with E-state index >= 15 is 0 Å². The van der Waals surface area contributed by atoms with E-state index in [4.69, 9.17) is 5.11 Å². The van der Waals surface area contributed by atoms with Crippen molar-refractivity contribution in [2.24, 2.45) is 7.05 Å². The molecule has 0 amide bonds. The molecular weight excluding hydrogens is 218 g/mol. The molecule has 0 aliphatic heterocycles. The number of hydrogen-bond acceptors (Lipinski definition) is 3. The zero-order valence-corrected chi connectivity index (χ0v) is 10.1. The number of hydrogen-bond donors (Lipinski definition) is 2. The van der Waals surface area contributed by atoms with E-state index in [-0.39, 0.29) is 0 Å². The van der Waals surface area contributed by atoms with Crippen LogP contribution in [0.5, 0.6) is 0 Å². The lowest BCUT2D eigenvalue weighted by Crippen LogP contribution is -2.40. The van der Waals surface area contributed by atoms with Crippen molar-refractivity contribution >= 4 is 22.7 Å². The van der Waals surface area contributed by atoms with Crippen LogP contribution in [0.2, 0.25) is 0 Å². The number of anilines is 1. The van der Waals surface area contributed by atoms with Gasteiger partial charge in [0.1, 0.15) is 11.2 Å². The lowest BCUT2D eigenvalue weighted by atomic mass is 10.1. The molecule has 0 fully saturated rings. The van der Waals surface area contributed by atoms with Gasteiger partial charge in [0.05, 0.1) is 0 Å². The largest absolute Gasteiger partial charge is 0.480 e. The summed E-state index contributed by atoms with van der Waals surface area (Å²) in [7, 11) is 1.90. The SMILES string of the molecule is Cn1ccc2c(NC(C)(C)C(=O)O)ccnc21. The highest BCUT2D eigenvalue weighted by atomic mass is 16.4. The van der Waals surface area contributed by atoms with E-state index in [0.29, 0.717) is 0 Å². The lowest BCUT2D eigenvalue weighted by molar-refractivity contribution is -0.141. The van der Waals surface area contributed by atoms with Crippen molar-refractivity contribution in [1.82, 2.24) is 9.55 Å². The second-order valence-electron chi connectivity index (χ2n) is 4.58. The Bertz CT molecular complexity index is 572. The summed E-state index contributed by atoms with van der Waals surface area (Å²) >= 11 is 0. The Balaban J connectivity index is 2.46. The zero-order chi connectivity index (χ0) is 12.6. The Morgan fingerprint density at radius 2 is 2.18 bits per heavy atom. The highest BCUT2D eigenvalue weighted by Gasteiger charge is 2.27. The first-order valence-corrected chi connectivity index (χ1v) is 5.33. The third-order valence-electron chi connectivity index (χ3n) is 2.75. The van der Waals surface area contributed by atoms with Crippen molar-refractivity contribution < 1.29 is 9.90 Å². The molecule has 0 atom stereocenters. The smallest absolute Gasteiger partial charge is 0.328 e. The molecule has 0 aliphatic rings. The molecule has 0 spiro atoms. The number of aliphatic carboxylic acids is 1. The molecule has 2 heterocycles. The van der Waals surface area contributed by atoms with Gasteiger partial charge < -0.3 is 15.0 Å². The molecule has 5 heteroatoms. The van der Waals surface area contributed by atoms with Gasteiger partial charge in [-0.15, -0.1) is 0 Å². The number of carbonyl (C=O) groups is 1. The first-order valence-electron chi connectivity index (χ1n) is 5.33. The lowest BCUT2D eigenvalue weighted by Gasteiger charge is -2.22. The molecule has 0 saturated carbocycles. The van der Waals surface area contributed by atoms with E-state index in [9.17, 15) is 4.79 Å². The van der Waals surface area contributed by atoms with E-state index in [1.165, 1.54) is 0 Å². The Morgan fingerprint density at radius 3 is 2.82 bits per heavy atom. The van der Waals surface area contributed by atoms with Gasteiger partial charge >= 0.3 is 5.97 Å². The molecular formula is C12H15N3O2. The first kappa shape index (κ1) is 11.4. The molecule has 2 N–H and O–H groups in total. The summed E-state index contributed by atoms with van der Waals surface area (Å²) in [6, 6.07) is 3.70. The van der Waals surface area contributed by atoms with Crippen molar-refractivity contribution in [1.29, 1.82) is 0 Å². The normalized spacial score (nSPS) is 11.7. The zero-order valence-electron chi connectivity index (χ0n) is 10.1. The summed E-state index contributed by atoms with van der Waals surface area (Å²) in [5.41, 5.74) is 0.601. The topological polar surface area (TPSA) is 67.2 Å². The van der Waals surface area contributed by atoms with E-state index in [1.54, 1.807) is 26.1 Å². The number of rotatable bonds is 3. The molecule has 5 nitrogen and oxygen atoms in total. The molecule has 0 aliphatic carbocycles. The number of nitrogens with one attached hydrogen (secondary N) is 1. The highest BCUT2D eigenvalue weighted by Crippen LogP contribution is 2.24. The molecule has 0 saturated heterocycles. The standard InChI is InChI=1S/C12H15N3O2/c1-12(2,11(16)17)14-9-4-6-13-10-8(9)5-7-15(10)3/h4-7H,1-3H3,(H,13,14)(H,16,17). The van der Waals surface area contributed by atoms with Crippen LogP contribution in [-0.2, 0) is 11.8 Å². The maximum absolute atomic E-state index is 11.1. The van der Waals surface area contributed by atoms with Gasteiger partial charge in [-0.1, -0.05) is 0 Å². The van der Waals surface area contributed by atoms with E-state index in [1.807, 2.05) is 23.9 Å². The summed E-state index contributed by atoms with van der Waals surface area (Å²) in [6.45, 7) is 3.26. The summed E-state index contributed by atoms with van der Waals surface area (Å²) in [5.74, 6) is -0.890. The van der Waals surface area contributed by atoms with Crippen LogP contribution in [0.1, 0.15) is 13.8 Å². The number of pyridine rings is 1. The Hall–Kier alpha value is -2.04. The monoisotopic (exact) mass is 233 g/mol. The van der Waals surface area contributed by atoms with Gasteiger partial charge in [-0.2, -0.15) is 0 Å². The van der Waals surface area contributed by atoms with Crippen molar-refractivity contribution in [3.8, 4) is 0 Å². The van der Waals surface area contributed by atoms with E-state index in [2.05, 4.69) is 10.3 Å².